The Labute approximate surface area is 373 Å². The maximum atomic E-state index is 7.38. The Morgan fingerprint density at radius 1 is 0.281 bits per heavy atom. The van der Waals surface area contributed by atoms with Crippen LogP contribution in [-0.2, 0) is 0 Å². The molecule has 0 aromatic heterocycles. The molecule has 0 N–H and O–H groups in total. The van der Waals surface area contributed by atoms with Gasteiger partial charge in [-0.15, -0.1) is 0 Å². The first kappa shape index (κ1) is 37.3. The van der Waals surface area contributed by atoms with Crippen LogP contribution in [0.15, 0.2) is 249 Å². The first-order valence-electron chi connectivity index (χ1n) is 21.9. The van der Waals surface area contributed by atoms with Crippen molar-refractivity contribution in [3.8, 4) is 78.3 Å². The van der Waals surface area contributed by atoms with Gasteiger partial charge in [-0.25, -0.2) is 0 Å². The van der Waals surface area contributed by atoms with Gasteiger partial charge in [0.05, 0.1) is 5.69 Å². The topological polar surface area (TPSA) is 12.5 Å². The highest BCUT2D eigenvalue weighted by Crippen LogP contribution is 2.55. The summed E-state index contributed by atoms with van der Waals surface area (Å²) < 4.78 is 7.38. The smallest absolute Gasteiger partial charge is 0.143 e. The second-order valence-corrected chi connectivity index (χ2v) is 16.4. The fourth-order valence-corrected chi connectivity index (χ4v) is 9.52. The second-order valence-electron chi connectivity index (χ2n) is 16.4. The molecule has 1 aliphatic rings. The van der Waals surface area contributed by atoms with E-state index in [1.165, 1.54) is 49.4 Å². The van der Waals surface area contributed by atoms with Crippen molar-refractivity contribution in [2.24, 2.45) is 0 Å². The lowest BCUT2D eigenvalue weighted by Gasteiger charge is -2.29. The van der Waals surface area contributed by atoms with Gasteiger partial charge >= 0.3 is 0 Å². The molecular weight excluding hydrogens is 775 g/mol. The lowest BCUT2D eigenvalue weighted by molar-refractivity contribution is 0.489. The van der Waals surface area contributed by atoms with E-state index in [4.69, 9.17) is 4.74 Å². The Kier molecular flexibility index (Phi) is 9.20. The van der Waals surface area contributed by atoms with E-state index in [9.17, 15) is 0 Å². The fourth-order valence-electron chi connectivity index (χ4n) is 9.52. The second kappa shape index (κ2) is 15.8. The molecule has 0 aliphatic carbocycles. The molecule has 0 fully saturated rings. The Hall–Kier alpha value is -8.46. The van der Waals surface area contributed by atoms with Crippen molar-refractivity contribution in [2.75, 3.05) is 4.90 Å². The summed E-state index contributed by atoms with van der Waals surface area (Å²) >= 11 is 0. The SMILES string of the molecule is c1ccc(-c2ccc(-c3ccc(N(c4ccc(-c5ccccc5)cc4)c4cccc5c4-c4cc6ccccc6cc4-c4cccc(-c6cccc7ccccc67)c4O5)cc3)cc2)cc1. The third kappa shape index (κ3) is 6.61. The molecule has 0 spiro atoms. The molecule has 0 radical (unpaired) electrons. The average Bonchev–Trinajstić information content (AvgIpc) is 3.51. The minimum absolute atomic E-state index is 0.807. The summed E-state index contributed by atoms with van der Waals surface area (Å²) in [5.41, 5.74) is 16.8. The van der Waals surface area contributed by atoms with Gasteiger partial charge in [0.15, 0.2) is 0 Å². The number of ether oxygens (including phenoxy) is 1. The van der Waals surface area contributed by atoms with Crippen LogP contribution in [0.25, 0.3) is 88.3 Å². The molecule has 11 aromatic carbocycles. The van der Waals surface area contributed by atoms with Crippen LogP contribution in [0, 0.1) is 0 Å². The van der Waals surface area contributed by atoms with E-state index in [1.807, 2.05) is 0 Å². The minimum atomic E-state index is 0.807. The third-order valence-corrected chi connectivity index (χ3v) is 12.7. The number of fused-ring (bicyclic) bond motifs is 7. The van der Waals surface area contributed by atoms with Crippen LogP contribution in [0.2, 0.25) is 0 Å². The van der Waals surface area contributed by atoms with E-state index in [0.29, 0.717) is 0 Å². The Balaban J connectivity index is 1.05. The van der Waals surface area contributed by atoms with E-state index in [-0.39, 0.29) is 0 Å². The molecule has 0 bridgehead atoms. The van der Waals surface area contributed by atoms with Gasteiger partial charge in [0.25, 0.3) is 0 Å². The first-order chi connectivity index (χ1) is 31.7. The van der Waals surface area contributed by atoms with Crippen LogP contribution in [0.5, 0.6) is 11.5 Å². The average molecular weight is 816 g/mol. The van der Waals surface area contributed by atoms with Gasteiger partial charge in [0.1, 0.15) is 11.5 Å². The van der Waals surface area contributed by atoms with Gasteiger partial charge in [0, 0.05) is 28.1 Å². The number of anilines is 3. The molecule has 300 valence electrons. The molecule has 0 atom stereocenters. The molecule has 2 heteroatoms. The highest BCUT2D eigenvalue weighted by Gasteiger charge is 2.29. The predicted octanol–water partition coefficient (Wildman–Crippen LogP) is 17.6. The van der Waals surface area contributed by atoms with Gasteiger partial charge < -0.3 is 9.64 Å². The Bertz CT molecular complexity index is 3480. The van der Waals surface area contributed by atoms with Gasteiger partial charge in [-0.3, -0.25) is 0 Å². The zero-order chi connectivity index (χ0) is 42.4. The molecule has 0 saturated carbocycles. The van der Waals surface area contributed by atoms with Crippen LogP contribution >= 0.6 is 0 Å². The summed E-state index contributed by atoms with van der Waals surface area (Å²) in [5.74, 6) is 1.66. The normalized spacial score (nSPS) is 11.6. The van der Waals surface area contributed by atoms with Crippen molar-refractivity contribution in [1.82, 2.24) is 0 Å². The summed E-state index contributed by atoms with van der Waals surface area (Å²) in [5, 5.41) is 4.76. The highest BCUT2D eigenvalue weighted by molar-refractivity contribution is 6.07. The third-order valence-electron chi connectivity index (χ3n) is 12.7. The molecule has 11 aromatic rings. The lowest BCUT2D eigenvalue weighted by Crippen LogP contribution is -2.11. The number of rotatable bonds is 7. The Morgan fingerprint density at radius 3 is 1.30 bits per heavy atom. The largest absolute Gasteiger partial charge is 0.455 e. The van der Waals surface area contributed by atoms with Gasteiger partial charge in [-0.05, 0) is 120 Å². The fraction of sp³-hybridized carbons (Fsp3) is 0. The summed E-state index contributed by atoms with van der Waals surface area (Å²) in [6.45, 7) is 0. The van der Waals surface area contributed by atoms with Crippen LogP contribution in [0.1, 0.15) is 0 Å². The minimum Gasteiger partial charge on any atom is -0.455 e. The van der Waals surface area contributed by atoms with E-state index < -0.39 is 0 Å². The van der Waals surface area contributed by atoms with Crippen LogP contribution in [-0.4, -0.2) is 0 Å². The molecule has 1 heterocycles. The van der Waals surface area contributed by atoms with Crippen molar-refractivity contribution >= 4 is 38.6 Å². The molecule has 2 nitrogen and oxygen atoms in total. The zero-order valence-corrected chi connectivity index (χ0v) is 35.0. The summed E-state index contributed by atoms with van der Waals surface area (Å²) in [7, 11) is 0. The number of hydrogen-bond donors (Lipinski definition) is 0. The number of hydrogen-bond acceptors (Lipinski definition) is 2. The predicted molar refractivity (Wildman–Crippen MR) is 269 cm³/mol. The maximum Gasteiger partial charge on any atom is 0.143 e. The molecule has 0 saturated heterocycles. The van der Waals surface area contributed by atoms with E-state index in [0.717, 1.165) is 67.5 Å². The molecule has 0 amide bonds. The van der Waals surface area contributed by atoms with Gasteiger partial charge in [-0.1, -0.05) is 200 Å². The summed E-state index contributed by atoms with van der Waals surface area (Å²) in [4.78, 5) is 2.39. The molecule has 12 rings (SSSR count). The standard InChI is InChI=1S/C62H41NO/c1-3-14-42(15-4-1)44-28-30-45(31-29-44)47-34-38-52(39-35-47)63(51-36-32-46(33-37-51)43-16-5-2-6-17-43)59-26-13-27-60-61(59)58-41-50-20-8-7-19-49(50)40-57(58)56-25-12-24-55(62(56)64-60)54-23-11-21-48-18-9-10-22-53(48)54/h1-41H. The van der Waals surface area contributed by atoms with Crippen LogP contribution < -0.4 is 9.64 Å². The monoisotopic (exact) mass is 815 g/mol. The van der Waals surface area contributed by atoms with Crippen molar-refractivity contribution < 1.29 is 4.74 Å². The quantitative estimate of drug-likeness (QED) is 0.159. The number of nitrogens with zero attached hydrogens (tertiary/aromatic N) is 1. The lowest BCUT2D eigenvalue weighted by atomic mass is 9.88. The van der Waals surface area contributed by atoms with Crippen LogP contribution in [0.4, 0.5) is 17.1 Å². The molecule has 64 heavy (non-hydrogen) atoms. The van der Waals surface area contributed by atoms with Gasteiger partial charge in [-0.2, -0.15) is 0 Å². The summed E-state index contributed by atoms with van der Waals surface area (Å²) in [6, 6.07) is 89.5. The maximum absolute atomic E-state index is 7.38. The van der Waals surface area contributed by atoms with Crippen LogP contribution in [0.3, 0.4) is 0 Å². The van der Waals surface area contributed by atoms with Crippen molar-refractivity contribution in [3.05, 3.63) is 249 Å². The van der Waals surface area contributed by atoms with Crippen molar-refractivity contribution in [3.63, 3.8) is 0 Å². The molecule has 0 unspecified atom stereocenters. The molecule has 1 aliphatic heterocycles. The van der Waals surface area contributed by atoms with E-state index in [1.54, 1.807) is 0 Å². The molecular formula is C62H41NO. The Morgan fingerprint density at radius 2 is 0.703 bits per heavy atom. The van der Waals surface area contributed by atoms with E-state index in [2.05, 4.69) is 254 Å². The number of para-hydroxylation sites is 1. The first-order valence-corrected chi connectivity index (χ1v) is 21.9. The highest BCUT2D eigenvalue weighted by atomic mass is 16.5. The zero-order valence-electron chi connectivity index (χ0n) is 35.0. The number of benzene rings is 11. The summed E-state index contributed by atoms with van der Waals surface area (Å²) in [6.07, 6.45) is 0. The van der Waals surface area contributed by atoms with Crippen molar-refractivity contribution in [2.45, 2.75) is 0 Å². The van der Waals surface area contributed by atoms with E-state index >= 15 is 0 Å². The van der Waals surface area contributed by atoms with Crippen molar-refractivity contribution in [1.29, 1.82) is 0 Å². The van der Waals surface area contributed by atoms with Gasteiger partial charge in [0.2, 0.25) is 0 Å².